The fourth-order valence-corrected chi connectivity index (χ4v) is 3.06. The zero-order chi connectivity index (χ0) is 16.8. The van der Waals surface area contributed by atoms with E-state index in [9.17, 15) is 4.79 Å². The number of amides is 1. The highest BCUT2D eigenvalue weighted by Gasteiger charge is 2.17. The van der Waals surface area contributed by atoms with Gasteiger partial charge in [0, 0.05) is 36.9 Å². The van der Waals surface area contributed by atoms with Gasteiger partial charge in [0.2, 0.25) is 0 Å². The molecule has 2 N–H and O–H groups in total. The first kappa shape index (κ1) is 16.5. The lowest BCUT2D eigenvalue weighted by molar-refractivity contribution is 0.0940. The molecule has 126 valence electrons. The Kier molecular flexibility index (Phi) is 5.49. The maximum atomic E-state index is 12.3. The molecule has 1 saturated heterocycles. The molecule has 1 fully saturated rings. The average Bonchev–Trinajstić information content (AvgIpc) is 3.14. The van der Waals surface area contributed by atoms with Gasteiger partial charge in [-0.25, -0.2) is 0 Å². The number of hydrogen-bond acceptors (Lipinski definition) is 3. The number of carbonyl (C=O) groups excluding carboxylic acids is 1. The van der Waals surface area contributed by atoms with E-state index < -0.39 is 0 Å². The first-order valence-corrected chi connectivity index (χ1v) is 8.67. The summed E-state index contributed by atoms with van der Waals surface area (Å²) >= 11 is 0. The molecule has 1 aliphatic rings. The molecule has 2 aromatic rings. The van der Waals surface area contributed by atoms with E-state index in [1.165, 1.54) is 5.56 Å². The second-order valence-corrected chi connectivity index (χ2v) is 6.21. The molecule has 0 radical (unpaired) electrons. The van der Waals surface area contributed by atoms with E-state index >= 15 is 0 Å². The molecule has 0 saturated carbocycles. The third-order valence-corrected chi connectivity index (χ3v) is 4.49. The zero-order valence-corrected chi connectivity index (χ0v) is 14.2. The van der Waals surface area contributed by atoms with Crippen molar-refractivity contribution in [2.75, 3.05) is 24.5 Å². The molecule has 0 aromatic heterocycles. The van der Waals surface area contributed by atoms with Crippen LogP contribution in [0.3, 0.4) is 0 Å². The Bertz CT molecular complexity index is 648. The number of benzene rings is 2. The van der Waals surface area contributed by atoms with Crippen LogP contribution in [-0.2, 0) is 6.54 Å². The SMILES string of the molecule is CCN(Cc1ccccc1)c1ccc(C(=O)NC2CCNC2)cc1. The predicted octanol–water partition coefficient (Wildman–Crippen LogP) is 2.80. The molecular formula is C20H25N3O. The van der Waals surface area contributed by atoms with E-state index in [0.29, 0.717) is 0 Å². The lowest BCUT2D eigenvalue weighted by Gasteiger charge is -2.23. The van der Waals surface area contributed by atoms with E-state index in [2.05, 4.69) is 46.7 Å². The normalized spacial score (nSPS) is 16.8. The van der Waals surface area contributed by atoms with E-state index in [0.717, 1.165) is 43.9 Å². The number of anilines is 1. The second kappa shape index (κ2) is 7.97. The van der Waals surface area contributed by atoms with Gasteiger partial charge >= 0.3 is 0 Å². The fourth-order valence-electron chi connectivity index (χ4n) is 3.06. The van der Waals surface area contributed by atoms with E-state index in [1.807, 2.05) is 30.3 Å². The Labute approximate surface area is 143 Å². The molecule has 1 amide bonds. The summed E-state index contributed by atoms with van der Waals surface area (Å²) in [6.45, 7) is 5.79. The summed E-state index contributed by atoms with van der Waals surface area (Å²) in [5.74, 6) is 0.0151. The summed E-state index contributed by atoms with van der Waals surface area (Å²) in [7, 11) is 0. The summed E-state index contributed by atoms with van der Waals surface area (Å²) in [5.41, 5.74) is 3.15. The lowest BCUT2D eigenvalue weighted by Crippen LogP contribution is -2.36. The topological polar surface area (TPSA) is 44.4 Å². The van der Waals surface area contributed by atoms with Crippen molar-refractivity contribution in [2.24, 2.45) is 0 Å². The molecule has 1 atom stereocenters. The average molecular weight is 323 g/mol. The van der Waals surface area contributed by atoms with Gasteiger partial charge < -0.3 is 15.5 Å². The quantitative estimate of drug-likeness (QED) is 0.859. The molecular weight excluding hydrogens is 298 g/mol. The van der Waals surface area contributed by atoms with Crippen molar-refractivity contribution in [1.82, 2.24) is 10.6 Å². The Balaban J connectivity index is 1.64. The maximum Gasteiger partial charge on any atom is 0.251 e. The van der Waals surface area contributed by atoms with Gasteiger partial charge in [-0.3, -0.25) is 4.79 Å². The third-order valence-electron chi connectivity index (χ3n) is 4.49. The van der Waals surface area contributed by atoms with Crippen molar-refractivity contribution in [1.29, 1.82) is 0 Å². The Morgan fingerprint density at radius 1 is 1.17 bits per heavy atom. The van der Waals surface area contributed by atoms with Crippen molar-refractivity contribution < 1.29 is 4.79 Å². The van der Waals surface area contributed by atoms with Crippen LogP contribution in [0.5, 0.6) is 0 Å². The van der Waals surface area contributed by atoms with Crippen LogP contribution in [0, 0.1) is 0 Å². The molecule has 1 heterocycles. The smallest absolute Gasteiger partial charge is 0.251 e. The van der Waals surface area contributed by atoms with Crippen LogP contribution < -0.4 is 15.5 Å². The molecule has 4 nitrogen and oxygen atoms in total. The van der Waals surface area contributed by atoms with Crippen LogP contribution in [-0.4, -0.2) is 31.6 Å². The van der Waals surface area contributed by atoms with E-state index in [-0.39, 0.29) is 11.9 Å². The van der Waals surface area contributed by atoms with Crippen molar-refractivity contribution >= 4 is 11.6 Å². The Morgan fingerprint density at radius 2 is 1.92 bits per heavy atom. The van der Waals surface area contributed by atoms with Gasteiger partial charge in [-0.2, -0.15) is 0 Å². The van der Waals surface area contributed by atoms with Crippen LogP contribution >= 0.6 is 0 Å². The molecule has 0 spiro atoms. The Morgan fingerprint density at radius 3 is 2.54 bits per heavy atom. The predicted molar refractivity (Wildman–Crippen MR) is 98.3 cm³/mol. The van der Waals surface area contributed by atoms with Gasteiger partial charge in [-0.1, -0.05) is 30.3 Å². The second-order valence-electron chi connectivity index (χ2n) is 6.21. The minimum Gasteiger partial charge on any atom is -0.367 e. The van der Waals surface area contributed by atoms with Crippen LogP contribution in [0.1, 0.15) is 29.3 Å². The molecule has 1 aliphatic heterocycles. The number of hydrogen-bond donors (Lipinski definition) is 2. The maximum absolute atomic E-state index is 12.3. The van der Waals surface area contributed by atoms with Crippen LogP contribution in [0.25, 0.3) is 0 Å². The molecule has 3 rings (SSSR count). The van der Waals surface area contributed by atoms with Gasteiger partial charge in [-0.15, -0.1) is 0 Å². The highest BCUT2D eigenvalue weighted by Crippen LogP contribution is 2.18. The lowest BCUT2D eigenvalue weighted by atomic mass is 10.1. The molecule has 4 heteroatoms. The molecule has 0 bridgehead atoms. The van der Waals surface area contributed by atoms with Crippen molar-refractivity contribution in [3.63, 3.8) is 0 Å². The third kappa shape index (κ3) is 4.15. The summed E-state index contributed by atoms with van der Waals surface area (Å²) in [6, 6.07) is 18.6. The fraction of sp³-hybridized carbons (Fsp3) is 0.350. The van der Waals surface area contributed by atoms with Gasteiger partial charge in [0.25, 0.3) is 5.91 Å². The van der Waals surface area contributed by atoms with Crippen molar-refractivity contribution in [3.8, 4) is 0 Å². The standard InChI is InChI=1S/C20H25N3O/c1-2-23(15-16-6-4-3-5-7-16)19-10-8-17(9-11-19)20(24)22-18-12-13-21-14-18/h3-11,18,21H,2,12-15H2,1H3,(H,22,24). The number of nitrogens with zero attached hydrogens (tertiary/aromatic N) is 1. The van der Waals surface area contributed by atoms with Gasteiger partial charge in [0.15, 0.2) is 0 Å². The Hall–Kier alpha value is -2.33. The van der Waals surface area contributed by atoms with Crippen LogP contribution in [0.4, 0.5) is 5.69 Å². The number of rotatable bonds is 6. The summed E-state index contributed by atoms with van der Waals surface area (Å²) in [4.78, 5) is 14.6. The van der Waals surface area contributed by atoms with Crippen molar-refractivity contribution in [3.05, 3.63) is 65.7 Å². The highest BCUT2D eigenvalue weighted by molar-refractivity contribution is 5.94. The van der Waals surface area contributed by atoms with Crippen LogP contribution in [0.15, 0.2) is 54.6 Å². The van der Waals surface area contributed by atoms with E-state index in [1.54, 1.807) is 0 Å². The summed E-state index contributed by atoms with van der Waals surface area (Å²) in [6.07, 6.45) is 1.00. The largest absolute Gasteiger partial charge is 0.367 e. The molecule has 0 aliphatic carbocycles. The first-order valence-electron chi connectivity index (χ1n) is 8.67. The van der Waals surface area contributed by atoms with Crippen LogP contribution in [0.2, 0.25) is 0 Å². The molecule has 2 aromatic carbocycles. The summed E-state index contributed by atoms with van der Waals surface area (Å²) in [5, 5.41) is 6.35. The van der Waals surface area contributed by atoms with E-state index in [4.69, 9.17) is 0 Å². The monoisotopic (exact) mass is 323 g/mol. The molecule has 1 unspecified atom stereocenters. The van der Waals surface area contributed by atoms with Gasteiger partial charge in [0.1, 0.15) is 0 Å². The van der Waals surface area contributed by atoms with Gasteiger partial charge in [0.05, 0.1) is 0 Å². The van der Waals surface area contributed by atoms with Gasteiger partial charge in [-0.05, 0) is 49.7 Å². The first-order chi connectivity index (χ1) is 11.8. The summed E-state index contributed by atoms with van der Waals surface area (Å²) < 4.78 is 0. The molecule has 24 heavy (non-hydrogen) atoms. The highest BCUT2D eigenvalue weighted by atomic mass is 16.1. The zero-order valence-electron chi connectivity index (χ0n) is 14.2. The minimum atomic E-state index is 0.0151. The number of nitrogens with one attached hydrogen (secondary N) is 2. The minimum absolute atomic E-state index is 0.0151. The van der Waals surface area contributed by atoms with Crippen molar-refractivity contribution in [2.45, 2.75) is 25.9 Å². The number of carbonyl (C=O) groups is 1.